The normalized spacial score (nSPS) is 16.6. The minimum atomic E-state index is 0. The van der Waals surface area contributed by atoms with Crippen LogP contribution in [0.5, 0.6) is 0 Å². The van der Waals surface area contributed by atoms with Gasteiger partial charge in [0.1, 0.15) is 11.5 Å². The number of morpholine rings is 1. The van der Waals surface area contributed by atoms with Gasteiger partial charge in [0.2, 0.25) is 0 Å². The number of halogens is 1. The standard InChI is InChI=1S/C21H30N4O2.HI/c1-15(2)17-5-4-6-18(13-17)24-21(22)23-14-19(20-8-7-16(3)27-20)25-9-11-26-12-10-25;/h4-8,13,15,19H,9-12,14H2,1-3H3,(H3,22,23,24);1H. The number of anilines is 1. The molecule has 1 unspecified atom stereocenters. The van der Waals surface area contributed by atoms with Gasteiger partial charge in [0.15, 0.2) is 5.96 Å². The largest absolute Gasteiger partial charge is 0.465 e. The van der Waals surface area contributed by atoms with Crippen molar-refractivity contribution in [3.63, 3.8) is 0 Å². The number of guanidine groups is 1. The highest BCUT2D eigenvalue weighted by molar-refractivity contribution is 14.0. The van der Waals surface area contributed by atoms with Crippen molar-refractivity contribution in [3.05, 3.63) is 53.5 Å². The number of nitrogens with two attached hydrogens (primary N) is 1. The minimum Gasteiger partial charge on any atom is -0.465 e. The fourth-order valence-electron chi connectivity index (χ4n) is 3.25. The lowest BCUT2D eigenvalue weighted by atomic mass is 10.0. The van der Waals surface area contributed by atoms with Gasteiger partial charge < -0.3 is 20.2 Å². The number of hydrogen-bond donors (Lipinski definition) is 2. The summed E-state index contributed by atoms with van der Waals surface area (Å²) in [7, 11) is 0. The molecule has 1 aromatic heterocycles. The highest BCUT2D eigenvalue weighted by Gasteiger charge is 2.25. The van der Waals surface area contributed by atoms with Crippen LogP contribution in [0.4, 0.5) is 5.69 Å². The molecule has 2 aromatic rings. The third-order valence-corrected chi connectivity index (χ3v) is 4.84. The summed E-state index contributed by atoms with van der Waals surface area (Å²) in [5.41, 5.74) is 8.38. The predicted molar refractivity (Wildman–Crippen MR) is 125 cm³/mol. The van der Waals surface area contributed by atoms with Crippen LogP contribution in [0.25, 0.3) is 0 Å². The van der Waals surface area contributed by atoms with E-state index in [1.54, 1.807) is 0 Å². The van der Waals surface area contributed by atoms with Gasteiger partial charge in [0, 0.05) is 18.8 Å². The second-order valence-corrected chi connectivity index (χ2v) is 7.24. The van der Waals surface area contributed by atoms with Gasteiger partial charge in [-0.05, 0) is 42.7 Å². The van der Waals surface area contributed by atoms with Gasteiger partial charge in [0.05, 0.1) is 25.8 Å². The van der Waals surface area contributed by atoms with Crippen LogP contribution < -0.4 is 11.1 Å². The Labute approximate surface area is 184 Å². The predicted octanol–water partition coefficient (Wildman–Crippen LogP) is 4.13. The fraction of sp³-hybridized carbons (Fsp3) is 0.476. The number of ether oxygens (including phenoxy) is 1. The number of aliphatic imine (C=N–C) groups is 1. The molecule has 1 saturated heterocycles. The van der Waals surface area contributed by atoms with E-state index in [1.807, 2.05) is 31.2 Å². The van der Waals surface area contributed by atoms with E-state index in [0.717, 1.165) is 43.5 Å². The molecule has 3 N–H and O–H groups in total. The fourth-order valence-corrected chi connectivity index (χ4v) is 3.25. The highest BCUT2D eigenvalue weighted by Crippen LogP contribution is 2.24. The van der Waals surface area contributed by atoms with Gasteiger partial charge in [-0.25, -0.2) is 0 Å². The molecule has 28 heavy (non-hydrogen) atoms. The number of nitrogens with one attached hydrogen (secondary N) is 1. The van der Waals surface area contributed by atoms with Crippen LogP contribution in [0.3, 0.4) is 0 Å². The van der Waals surface area contributed by atoms with E-state index in [-0.39, 0.29) is 30.0 Å². The van der Waals surface area contributed by atoms with Gasteiger partial charge in [-0.3, -0.25) is 9.89 Å². The molecular formula is C21H31IN4O2. The molecule has 1 aromatic carbocycles. The lowest BCUT2D eigenvalue weighted by Gasteiger charge is -2.32. The van der Waals surface area contributed by atoms with Crippen LogP contribution in [0.2, 0.25) is 0 Å². The maximum absolute atomic E-state index is 6.16. The van der Waals surface area contributed by atoms with E-state index in [4.69, 9.17) is 14.9 Å². The quantitative estimate of drug-likeness (QED) is 0.356. The molecule has 0 saturated carbocycles. The highest BCUT2D eigenvalue weighted by atomic mass is 127. The first-order valence-corrected chi connectivity index (χ1v) is 9.58. The van der Waals surface area contributed by atoms with Crippen LogP contribution in [-0.4, -0.2) is 43.7 Å². The van der Waals surface area contributed by atoms with Gasteiger partial charge in [-0.15, -0.1) is 24.0 Å². The molecule has 0 amide bonds. The molecule has 1 fully saturated rings. The molecule has 0 radical (unpaired) electrons. The lowest BCUT2D eigenvalue weighted by molar-refractivity contribution is 0.0135. The monoisotopic (exact) mass is 498 g/mol. The van der Waals surface area contributed by atoms with Crippen LogP contribution >= 0.6 is 24.0 Å². The Morgan fingerprint density at radius 1 is 1.21 bits per heavy atom. The molecule has 1 aliphatic rings. The van der Waals surface area contributed by atoms with E-state index in [9.17, 15) is 0 Å². The van der Waals surface area contributed by atoms with Gasteiger partial charge in [-0.2, -0.15) is 0 Å². The van der Waals surface area contributed by atoms with Crippen molar-refractivity contribution in [2.75, 3.05) is 38.2 Å². The Balaban J connectivity index is 0.00000280. The summed E-state index contributed by atoms with van der Waals surface area (Å²) in [5, 5.41) is 3.21. The van der Waals surface area contributed by atoms with Crippen LogP contribution in [-0.2, 0) is 4.74 Å². The second-order valence-electron chi connectivity index (χ2n) is 7.24. The van der Waals surface area contributed by atoms with Crippen LogP contribution in [0.15, 0.2) is 45.8 Å². The Bertz CT molecular complexity index is 769. The van der Waals surface area contributed by atoms with Gasteiger partial charge in [-0.1, -0.05) is 26.0 Å². The number of hydrogen-bond acceptors (Lipinski definition) is 4. The second kappa shape index (κ2) is 10.8. The van der Waals surface area contributed by atoms with Crippen molar-refractivity contribution >= 4 is 35.6 Å². The molecule has 0 spiro atoms. The molecular weight excluding hydrogens is 467 g/mol. The summed E-state index contributed by atoms with van der Waals surface area (Å²) >= 11 is 0. The van der Waals surface area contributed by atoms with Crippen molar-refractivity contribution in [1.29, 1.82) is 0 Å². The van der Waals surface area contributed by atoms with Crippen molar-refractivity contribution in [1.82, 2.24) is 4.90 Å². The summed E-state index contributed by atoms with van der Waals surface area (Å²) in [6.07, 6.45) is 0. The first-order valence-electron chi connectivity index (χ1n) is 9.58. The Morgan fingerprint density at radius 2 is 1.96 bits per heavy atom. The SMILES string of the molecule is Cc1ccc(C(CN=C(N)Nc2cccc(C(C)C)c2)N2CCOCC2)o1.I. The molecule has 7 heteroatoms. The summed E-state index contributed by atoms with van der Waals surface area (Å²) in [6.45, 7) is 10.0. The van der Waals surface area contributed by atoms with Crippen LogP contribution in [0.1, 0.15) is 42.9 Å². The summed E-state index contributed by atoms with van der Waals surface area (Å²) in [4.78, 5) is 6.94. The van der Waals surface area contributed by atoms with Gasteiger partial charge >= 0.3 is 0 Å². The van der Waals surface area contributed by atoms with Gasteiger partial charge in [0.25, 0.3) is 0 Å². The van der Waals surface area contributed by atoms with Crippen LogP contribution in [0, 0.1) is 6.92 Å². The summed E-state index contributed by atoms with van der Waals surface area (Å²) in [6, 6.07) is 12.4. The van der Waals surface area contributed by atoms with E-state index >= 15 is 0 Å². The molecule has 1 aliphatic heterocycles. The third kappa shape index (κ3) is 6.22. The van der Waals surface area contributed by atoms with E-state index in [1.165, 1.54) is 5.56 Å². The van der Waals surface area contributed by atoms with Crippen molar-refractivity contribution in [3.8, 4) is 0 Å². The lowest BCUT2D eigenvalue weighted by Crippen LogP contribution is -2.40. The molecule has 2 heterocycles. The minimum absolute atomic E-state index is 0. The zero-order valence-corrected chi connectivity index (χ0v) is 19.2. The number of aryl methyl sites for hydroxylation is 1. The Morgan fingerprint density at radius 3 is 2.61 bits per heavy atom. The number of rotatable bonds is 6. The summed E-state index contributed by atoms with van der Waals surface area (Å²) in [5.74, 6) is 2.71. The van der Waals surface area contributed by atoms with Crippen molar-refractivity contribution < 1.29 is 9.15 Å². The van der Waals surface area contributed by atoms with E-state index in [0.29, 0.717) is 18.4 Å². The Kier molecular flexibility index (Phi) is 8.78. The van der Waals surface area contributed by atoms with Crippen molar-refractivity contribution in [2.45, 2.75) is 32.7 Å². The molecule has 3 rings (SSSR count). The van der Waals surface area contributed by atoms with E-state index in [2.05, 4.69) is 41.2 Å². The molecule has 154 valence electrons. The molecule has 0 aliphatic carbocycles. The smallest absolute Gasteiger partial charge is 0.193 e. The average molecular weight is 498 g/mol. The van der Waals surface area contributed by atoms with Crippen molar-refractivity contribution in [2.24, 2.45) is 10.7 Å². The Hall–Kier alpha value is -1.58. The zero-order valence-electron chi connectivity index (χ0n) is 16.9. The average Bonchev–Trinajstić information content (AvgIpc) is 3.09. The molecule has 1 atom stereocenters. The maximum atomic E-state index is 6.16. The number of nitrogens with zero attached hydrogens (tertiary/aromatic N) is 2. The molecule has 6 nitrogen and oxygen atoms in total. The maximum Gasteiger partial charge on any atom is 0.193 e. The first kappa shape index (κ1) is 22.7. The zero-order chi connectivity index (χ0) is 19.2. The van der Waals surface area contributed by atoms with E-state index < -0.39 is 0 Å². The number of furan rings is 1. The summed E-state index contributed by atoms with van der Waals surface area (Å²) < 4.78 is 11.4. The number of benzene rings is 1. The first-order chi connectivity index (χ1) is 13.0. The topological polar surface area (TPSA) is 76.0 Å². The third-order valence-electron chi connectivity index (χ3n) is 4.84. The molecule has 0 bridgehead atoms.